The molecule has 0 aliphatic carbocycles. The third-order valence-corrected chi connectivity index (χ3v) is 3.93. The number of anilines is 1. The van der Waals surface area contributed by atoms with Crippen LogP contribution in [-0.2, 0) is 0 Å². The zero-order valence-electron chi connectivity index (χ0n) is 12.8. The summed E-state index contributed by atoms with van der Waals surface area (Å²) in [7, 11) is 1.56. The van der Waals surface area contributed by atoms with Crippen molar-refractivity contribution >= 4 is 16.7 Å². The van der Waals surface area contributed by atoms with E-state index in [2.05, 4.69) is 0 Å². The Morgan fingerprint density at radius 3 is 2.55 bits per heavy atom. The molecule has 0 bridgehead atoms. The van der Waals surface area contributed by atoms with Crippen LogP contribution in [0.3, 0.4) is 0 Å². The zero-order valence-corrected chi connectivity index (χ0v) is 12.8. The van der Waals surface area contributed by atoms with E-state index >= 15 is 0 Å². The minimum atomic E-state index is -0.0614. The van der Waals surface area contributed by atoms with Gasteiger partial charge in [0.2, 0.25) is 0 Å². The lowest BCUT2D eigenvalue weighted by Crippen LogP contribution is -2.02. The molecule has 2 aromatic carbocycles. The SMILES string of the molecule is COc1ccc(-c2cc(=O)c3ccc(C)c(C)c3o2)cc1N. The number of ether oxygens (including phenoxy) is 1. The highest BCUT2D eigenvalue weighted by atomic mass is 16.5. The number of nitrogens with two attached hydrogens (primary N) is 1. The van der Waals surface area contributed by atoms with Gasteiger partial charge in [-0.15, -0.1) is 0 Å². The van der Waals surface area contributed by atoms with Crippen LogP contribution in [0, 0.1) is 13.8 Å². The van der Waals surface area contributed by atoms with Gasteiger partial charge in [-0.1, -0.05) is 6.07 Å². The Morgan fingerprint density at radius 2 is 1.86 bits per heavy atom. The summed E-state index contributed by atoms with van der Waals surface area (Å²) in [6, 6.07) is 10.6. The standard InChI is InChI=1S/C18H17NO3/c1-10-4-6-13-15(20)9-17(22-18(13)11(10)2)12-5-7-16(21-3)14(19)8-12/h4-9H,19H2,1-3H3. The molecule has 4 nitrogen and oxygen atoms in total. The highest BCUT2D eigenvalue weighted by molar-refractivity contribution is 5.82. The van der Waals surface area contributed by atoms with Crippen LogP contribution in [0.2, 0.25) is 0 Å². The van der Waals surface area contributed by atoms with Crippen LogP contribution in [0.25, 0.3) is 22.3 Å². The van der Waals surface area contributed by atoms with Gasteiger partial charge in [0.1, 0.15) is 17.1 Å². The lowest BCUT2D eigenvalue weighted by atomic mass is 10.0. The molecule has 1 heterocycles. The number of aryl methyl sites for hydroxylation is 2. The highest BCUT2D eigenvalue weighted by Crippen LogP contribution is 2.30. The summed E-state index contributed by atoms with van der Waals surface area (Å²) in [5.74, 6) is 1.10. The fourth-order valence-electron chi connectivity index (χ4n) is 2.48. The summed E-state index contributed by atoms with van der Waals surface area (Å²) in [6.07, 6.45) is 0. The molecular weight excluding hydrogens is 278 g/mol. The van der Waals surface area contributed by atoms with E-state index in [1.165, 1.54) is 6.07 Å². The predicted octanol–water partition coefficient (Wildman–Crippen LogP) is 3.67. The van der Waals surface area contributed by atoms with Gasteiger partial charge in [0.05, 0.1) is 18.2 Å². The Morgan fingerprint density at radius 1 is 1.09 bits per heavy atom. The first-order valence-electron chi connectivity index (χ1n) is 6.99. The number of fused-ring (bicyclic) bond motifs is 1. The van der Waals surface area contributed by atoms with Gasteiger partial charge in [0.15, 0.2) is 5.43 Å². The van der Waals surface area contributed by atoms with E-state index in [0.29, 0.717) is 28.2 Å². The summed E-state index contributed by atoms with van der Waals surface area (Å²) in [6.45, 7) is 3.94. The maximum absolute atomic E-state index is 12.3. The molecule has 0 spiro atoms. The van der Waals surface area contributed by atoms with Gasteiger partial charge in [0, 0.05) is 11.6 Å². The van der Waals surface area contributed by atoms with Crippen LogP contribution >= 0.6 is 0 Å². The highest BCUT2D eigenvalue weighted by Gasteiger charge is 2.11. The van der Waals surface area contributed by atoms with Crippen molar-refractivity contribution in [3.05, 3.63) is 57.7 Å². The second kappa shape index (κ2) is 5.22. The van der Waals surface area contributed by atoms with E-state index in [4.69, 9.17) is 14.9 Å². The van der Waals surface area contributed by atoms with E-state index < -0.39 is 0 Å². The maximum atomic E-state index is 12.3. The summed E-state index contributed by atoms with van der Waals surface area (Å²) in [5, 5.41) is 0.591. The summed E-state index contributed by atoms with van der Waals surface area (Å²) in [5.41, 5.74) is 9.80. The normalized spacial score (nSPS) is 10.9. The van der Waals surface area contributed by atoms with Gasteiger partial charge in [-0.25, -0.2) is 0 Å². The van der Waals surface area contributed by atoms with Crippen LogP contribution in [0.5, 0.6) is 5.75 Å². The van der Waals surface area contributed by atoms with Gasteiger partial charge >= 0.3 is 0 Å². The van der Waals surface area contributed by atoms with Crippen molar-refractivity contribution in [2.24, 2.45) is 0 Å². The van der Waals surface area contributed by atoms with Crippen molar-refractivity contribution in [3.63, 3.8) is 0 Å². The van der Waals surface area contributed by atoms with Crippen molar-refractivity contribution in [1.82, 2.24) is 0 Å². The lowest BCUT2D eigenvalue weighted by molar-refractivity contribution is 0.417. The maximum Gasteiger partial charge on any atom is 0.193 e. The molecule has 0 aliphatic rings. The average molecular weight is 295 g/mol. The number of hydrogen-bond donors (Lipinski definition) is 1. The Labute approximate surface area is 128 Å². The minimum absolute atomic E-state index is 0.0614. The van der Waals surface area contributed by atoms with Crippen LogP contribution in [0.4, 0.5) is 5.69 Å². The van der Waals surface area contributed by atoms with Crippen LogP contribution < -0.4 is 15.9 Å². The Balaban J connectivity index is 2.26. The third kappa shape index (κ3) is 2.22. The quantitative estimate of drug-likeness (QED) is 0.733. The molecule has 0 radical (unpaired) electrons. The Kier molecular flexibility index (Phi) is 3.37. The van der Waals surface area contributed by atoms with Crippen LogP contribution in [0.15, 0.2) is 45.6 Å². The molecule has 0 fully saturated rings. The van der Waals surface area contributed by atoms with E-state index in [1.54, 1.807) is 25.3 Å². The molecule has 0 atom stereocenters. The topological polar surface area (TPSA) is 65.5 Å². The second-order valence-electron chi connectivity index (χ2n) is 5.32. The zero-order chi connectivity index (χ0) is 15.9. The predicted molar refractivity (Wildman–Crippen MR) is 88.4 cm³/mol. The molecule has 0 amide bonds. The molecule has 0 unspecified atom stereocenters. The third-order valence-electron chi connectivity index (χ3n) is 3.93. The largest absolute Gasteiger partial charge is 0.495 e. The first kappa shape index (κ1) is 14.2. The molecule has 4 heteroatoms. The Hall–Kier alpha value is -2.75. The summed E-state index contributed by atoms with van der Waals surface area (Å²) in [4.78, 5) is 12.3. The molecule has 0 saturated heterocycles. The second-order valence-corrected chi connectivity index (χ2v) is 5.32. The van der Waals surface area contributed by atoms with Crippen LogP contribution in [0.1, 0.15) is 11.1 Å². The Bertz CT molecular complexity index is 925. The van der Waals surface area contributed by atoms with Crippen LogP contribution in [-0.4, -0.2) is 7.11 Å². The summed E-state index contributed by atoms with van der Waals surface area (Å²) < 4.78 is 11.1. The first-order chi connectivity index (χ1) is 10.5. The molecule has 0 aliphatic heterocycles. The van der Waals surface area contributed by atoms with Crippen molar-refractivity contribution in [2.75, 3.05) is 12.8 Å². The van der Waals surface area contributed by atoms with Gasteiger partial charge in [0.25, 0.3) is 0 Å². The average Bonchev–Trinajstić information content (AvgIpc) is 2.51. The van der Waals surface area contributed by atoms with Gasteiger partial charge < -0.3 is 14.9 Å². The number of benzene rings is 2. The van der Waals surface area contributed by atoms with E-state index in [0.717, 1.165) is 16.7 Å². The first-order valence-corrected chi connectivity index (χ1v) is 6.99. The fourth-order valence-corrected chi connectivity index (χ4v) is 2.48. The van der Waals surface area contributed by atoms with Crippen molar-refractivity contribution in [1.29, 1.82) is 0 Å². The number of hydrogen-bond acceptors (Lipinski definition) is 4. The lowest BCUT2D eigenvalue weighted by Gasteiger charge is -2.09. The van der Waals surface area contributed by atoms with E-state index in [9.17, 15) is 4.79 Å². The molecule has 1 aromatic heterocycles. The number of methoxy groups -OCH3 is 1. The number of rotatable bonds is 2. The van der Waals surface area contributed by atoms with Crippen molar-refractivity contribution in [2.45, 2.75) is 13.8 Å². The fraction of sp³-hybridized carbons (Fsp3) is 0.167. The van der Waals surface area contributed by atoms with Gasteiger partial charge in [-0.2, -0.15) is 0 Å². The molecule has 3 rings (SSSR count). The van der Waals surface area contributed by atoms with Crippen molar-refractivity contribution < 1.29 is 9.15 Å². The molecule has 22 heavy (non-hydrogen) atoms. The molecule has 3 aromatic rings. The molecule has 0 saturated carbocycles. The van der Waals surface area contributed by atoms with E-state index in [1.807, 2.05) is 26.0 Å². The molecular formula is C18H17NO3. The van der Waals surface area contributed by atoms with E-state index in [-0.39, 0.29) is 5.43 Å². The van der Waals surface area contributed by atoms with Crippen molar-refractivity contribution in [3.8, 4) is 17.1 Å². The monoisotopic (exact) mass is 295 g/mol. The molecule has 2 N–H and O–H groups in total. The summed E-state index contributed by atoms with van der Waals surface area (Å²) >= 11 is 0. The number of nitrogen functional groups attached to an aromatic ring is 1. The molecule has 112 valence electrons. The minimum Gasteiger partial charge on any atom is -0.495 e. The van der Waals surface area contributed by atoms with Gasteiger partial charge in [-0.05, 0) is 49.2 Å². The smallest absolute Gasteiger partial charge is 0.193 e. The van der Waals surface area contributed by atoms with Gasteiger partial charge in [-0.3, -0.25) is 4.79 Å².